The lowest BCUT2D eigenvalue weighted by atomic mass is 10.2. The highest BCUT2D eigenvalue weighted by atomic mass is 35.5. The molecule has 148 valence electrons. The van der Waals surface area contributed by atoms with Gasteiger partial charge in [0.15, 0.2) is 6.61 Å². The Hall–Kier alpha value is -2.51. The third-order valence-corrected chi connectivity index (χ3v) is 4.67. The molecular formula is C20H21ClN2O4S. The molecule has 0 atom stereocenters. The Bertz CT molecular complexity index is 858. The van der Waals surface area contributed by atoms with Gasteiger partial charge in [-0.2, -0.15) is 0 Å². The summed E-state index contributed by atoms with van der Waals surface area (Å²) in [6.07, 6.45) is 0. The molecule has 2 rings (SSSR count). The van der Waals surface area contributed by atoms with Gasteiger partial charge in [0.25, 0.3) is 5.91 Å². The second kappa shape index (κ2) is 10.7. The molecule has 0 fully saturated rings. The molecule has 0 bridgehead atoms. The number of carbonyl (C=O) groups excluding carboxylic acids is 3. The quantitative estimate of drug-likeness (QED) is 0.501. The van der Waals surface area contributed by atoms with Crippen molar-refractivity contribution in [1.29, 1.82) is 0 Å². The maximum absolute atomic E-state index is 12.4. The summed E-state index contributed by atoms with van der Waals surface area (Å²) in [7, 11) is 0. The second-order valence-electron chi connectivity index (χ2n) is 6.14. The number of esters is 1. The Morgan fingerprint density at radius 2 is 1.82 bits per heavy atom. The minimum atomic E-state index is -0.631. The van der Waals surface area contributed by atoms with Crippen LogP contribution < -0.4 is 10.6 Å². The molecule has 2 aromatic carbocycles. The number of nitrogens with one attached hydrogen (secondary N) is 2. The van der Waals surface area contributed by atoms with Gasteiger partial charge in [0.05, 0.1) is 11.3 Å². The number of rotatable bonds is 8. The first-order chi connectivity index (χ1) is 13.3. The molecule has 0 saturated carbocycles. The van der Waals surface area contributed by atoms with Crippen LogP contribution in [-0.4, -0.2) is 36.2 Å². The molecule has 0 spiro atoms. The van der Waals surface area contributed by atoms with Gasteiger partial charge in [-0.15, -0.1) is 11.8 Å². The van der Waals surface area contributed by atoms with Crippen molar-refractivity contribution in [3.05, 3.63) is 59.1 Å². The van der Waals surface area contributed by atoms with Crippen molar-refractivity contribution in [2.24, 2.45) is 0 Å². The number of hydrogen-bond donors (Lipinski definition) is 2. The molecule has 28 heavy (non-hydrogen) atoms. The highest BCUT2D eigenvalue weighted by molar-refractivity contribution is 8.00. The number of amides is 2. The number of carbonyl (C=O) groups is 3. The van der Waals surface area contributed by atoms with Crippen LogP contribution in [0, 0.1) is 0 Å². The van der Waals surface area contributed by atoms with E-state index in [9.17, 15) is 14.4 Å². The SMILES string of the molecule is CC(C)NC(=O)CSc1ccccc1C(=O)OCC(=O)Nc1cccc(Cl)c1. The highest BCUT2D eigenvalue weighted by Crippen LogP contribution is 2.23. The van der Waals surface area contributed by atoms with E-state index in [2.05, 4.69) is 10.6 Å². The van der Waals surface area contributed by atoms with Crippen LogP contribution in [0.4, 0.5) is 5.69 Å². The first kappa shape index (κ1) is 21.8. The standard InChI is InChI=1S/C20H21ClN2O4S/c1-13(2)22-19(25)12-28-17-9-4-3-8-16(17)20(26)27-11-18(24)23-15-7-5-6-14(21)10-15/h3-10,13H,11-12H2,1-2H3,(H,22,25)(H,23,24). The fourth-order valence-electron chi connectivity index (χ4n) is 2.24. The maximum atomic E-state index is 12.4. The number of hydrogen-bond acceptors (Lipinski definition) is 5. The number of anilines is 1. The zero-order chi connectivity index (χ0) is 20.5. The fourth-order valence-corrected chi connectivity index (χ4v) is 3.28. The van der Waals surface area contributed by atoms with E-state index in [1.165, 1.54) is 11.8 Å². The van der Waals surface area contributed by atoms with E-state index >= 15 is 0 Å². The van der Waals surface area contributed by atoms with Gasteiger partial charge in [0, 0.05) is 21.6 Å². The van der Waals surface area contributed by atoms with E-state index in [-0.39, 0.29) is 17.7 Å². The van der Waals surface area contributed by atoms with Gasteiger partial charge in [0.2, 0.25) is 5.91 Å². The first-order valence-corrected chi connectivity index (χ1v) is 9.95. The average molecular weight is 421 g/mol. The van der Waals surface area contributed by atoms with Crippen molar-refractivity contribution in [2.45, 2.75) is 24.8 Å². The molecule has 2 aromatic rings. The normalized spacial score (nSPS) is 10.4. The average Bonchev–Trinajstić information content (AvgIpc) is 2.64. The monoisotopic (exact) mass is 420 g/mol. The largest absolute Gasteiger partial charge is 0.452 e. The summed E-state index contributed by atoms with van der Waals surface area (Å²) in [5.41, 5.74) is 0.820. The summed E-state index contributed by atoms with van der Waals surface area (Å²) < 4.78 is 5.11. The van der Waals surface area contributed by atoms with Gasteiger partial charge in [-0.25, -0.2) is 4.79 Å². The van der Waals surface area contributed by atoms with Crippen LogP contribution in [0.5, 0.6) is 0 Å². The zero-order valence-electron chi connectivity index (χ0n) is 15.5. The lowest BCUT2D eigenvalue weighted by Crippen LogP contribution is -2.31. The molecule has 6 nitrogen and oxygen atoms in total. The van der Waals surface area contributed by atoms with E-state index < -0.39 is 18.5 Å². The van der Waals surface area contributed by atoms with Crippen LogP contribution in [-0.2, 0) is 14.3 Å². The van der Waals surface area contributed by atoms with E-state index in [1.54, 1.807) is 48.5 Å². The van der Waals surface area contributed by atoms with Gasteiger partial charge in [-0.1, -0.05) is 29.8 Å². The van der Waals surface area contributed by atoms with Crippen LogP contribution in [0.2, 0.25) is 5.02 Å². The van der Waals surface area contributed by atoms with Crippen LogP contribution in [0.15, 0.2) is 53.4 Å². The third kappa shape index (κ3) is 7.25. The van der Waals surface area contributed by atoms with Gasteiger partial charge >= 0.3 is 5.97 Å². The summed E-state index contributed by atoms with van der Waals surface area (Å²) in [5.74, 6) is -1.05. The van der Waals surface area contributed by atoms with E-state index in [0.717, 1.165) is 0 Å². The number of benzene rings is 2. The number of thioether (sulfide) groups is 1. The number of halogens is 1. The van der Waals surface area contributed by atoms with Crippen LogP contribution in [0.1, 0.15) is 24.2 Å². The molecule has 0 aliphatic heterocycles. The Morgan fingerprint density at radius 1 is 1.07 bits per heavy atom. The van der Waals surface area contributed by atoms with Crippen molar-refractivity contribution in [3.8, 4) is 0 Å². The van der Waals surface area contributed by atoms with Gasteiger partial charge in [-0.3, -0.25) is 9.59 Å². The fraction of sp³-hybridized carbons (Fsp3) is 0.250. The maximum Gasteiger partial charge on any atom is 0.339 e. The highest BCUT2D eigenvalue weighted by Gasteiger charge is 2.16. The van der Waals surface area contributed by atoms with E-state index in [1.807, 2.05) is 13.8 Å². The summed E-state index contributed by atoms with van der Waals surface area (Å²) in [6, 6.07) is 13.5. The van der Waals surface area contributed by atoms with Crippen molar-refractivity contribution in [1.82, 2.24) is 5.32 Å². The summed E-state index contributed by atoms with van der Waals surface area (Å²) in [4.78, 5) is 36.8. The Labute approximate surface area is 173 Å². The summed E-state index contributed by atoms with van der Waals surface area (Å²) in [6.45, 7) is 3.32. The van der Waals surface area contributed by atoms with Crippen LogP contribution in [0.25, 0.3) is 0 Å². The van der Waals surface area contributed by atoms with E-state index in [4.69, 9.17) is 16.3 Å². The third-order valence-electron chi connectivity index (χ3n) is 3.36. The molecule has 0 aliphatic rings. The first-order valence-electron chi connectivity index (χ1n) is 8.59. The molecule has 2 amide bonds. The predicted octanol–water partition coefficient (Wildman–Crippen LogP) is 3.75. The molecule has 0 saturated heterocycles. The summed E-state index contributed by atoms with van der Waals surface area (Å²) in [5, 5.41) is 5.88. The molecule has 0 radical (unpaired) electrons. The molecule has 2 N–H and O–H groups in total. The smallest absolute Gasteiger partial charge is 0.339 e. The predicted molar refractivity (Wildman–Crippen MR) is 111 cm³/mol. The molecular weight excluding hydrogens is 400 g/mol. The molecule has 0 aliphatic carbocycles. The minimum absolute atomic E-state index is 0.0475. The summed E-state index contributed by atoms with van der Waals surface area (Å²) >= 11 is 7.10. The van der Waals surface area contributed by atoms with Crippen molar-refractivity contribution in [2.75, 3.05) is 17.7 Å². The Morgan fingerprint density at radius 3 is 2.54 bits per heavy atom. The van der Waals surface area contributed by atoms with Crippen molar-refractivity contribution < 1.29 is 19.1 Å². The van der Waals surface area contributed by atoms with Crippen LogP contribution >= 0.6 is 23.4 Å². The molecule has 0 heterocycles. The molecule has 0 aromatic heterocycles. The lowest BCUT2D eigenvalue weighted by Gasteiger charge is -2.11. The van der Waals surface area contributed by atoms with Gasteiger partial charge in [-0.05, 0) is 44.2 Å². The van der Waals surface area contributed by atoms with Gasteiger partial charge < -0.3 is 15.4 Å². The second-order valence-corrected chi connectivity index (χ2v) is 7.60. The Kier molecular flexibility index (Phi) is 8.35. The lowest BCUT2D eigenvalue weighted by molar-refractivity contribution is -0.119. The van der Waals surface area contributed by atoms with Crippen molar-refractivity contribution in [3.63, 3.8) is 0 Å². The molecule has 0 unspecified atom stereocenters. The van der Waals surface area contributed by atoms with Crippen molar-refractivity contribution >= 4 is 46.8 Å². The minimum Gasteiger partial charge on any atom is -0.452 e. The zero-order valence-corrected chi connectivity index (χ0v) is 17.1. The van der Waals surface area contributed by atoms with Gasteiger partial charge in [0.1, 0.15) is 0 Å². The molecule has 8 heteroatoms. The van der Waals surface area contributed by atoms with E-state index in [0.29, 0.717) is 21.2 Å². The Balaban J connectivity index is 1.91. The topological polar surface area (TPSA) is 84.5 Å². The number of ether oxygens (including phenoxy) is 1. The van der Waals surface area contributed by atoms with Crippen LogP contribution in [0.3, 0.4) is 0 Å².